The summed E-state index contributed by atoms with van der Waals surface area (Å²) in [4.78, 5) is 101. The van der Waals surface area contributed by atoms with Gasteiger partial charge in [0.1, 0.15) is 28.8 Å². The van der Waals surface area contributed by atoms with Crippen LogP contribution in [0.1, 0.15) is 234 Å². The zero-order chi connectivity index (χ0) is 60.0. The van der Waals surface area contributed by atoms with Crippen LogP contribution in [0.2, 0.25) is 0 Å². The van der Waals surface area contributed by atoms with Crippen LogP contribution in [0.4, 0.5) is 0 Å². The molecule has 3 N–H and O–H groups in total. The molecule has 8 aliphatic carbocycles. The first-order chi connectivity index (χ1) is 35.3. The molecule has 0 aromatic carbocycles. The second-order valence-corrected chi connectivity index (χ2v) is 28.7. The van der Waals surface area contributed by atoms with E-state index in [2.05, 4.69) is 0 Å². The molecular formula is C60H96O18. The van der Waals surface area contributed by atoms with E-state index in [1.54, 1.807) is 13.8 Å². The Labute approximate surface area is 463 Å². The van der Waals surface area contributed by atoms with Gasteiger partial charge in [-0.05, 0) is 205 Å². The molecule has 8 saturated carbocycles. The first kappa shape index (κ1) is 66.1. The number of hydrogen-bond donors (Lipinski definition) is 3. The van der Waals surface area contributed by atoms with Gasteiger partial charge in [-0.2, -0.15) is 9.59 Å². The fourth-order valence-corrected chi connectivity index (χ4v) is 14.6. The minimum atomic E-state index is -1.24. The maximum atomic E-state index is 13.3. The molecule has 7 unspecified atom stereocenters. The number of aliphatic hydroxyl groups is 2. The summed E-state index contributed by atoms with van der Waals surface area (Å²) in [5.41, 5.74) is -8.20. The molecule has 9 rings (SSSR count). The molecule has 9 aliphatic rings. The predicted octanol–water partition coefficient (Wildman–Crippen LogP) is 9.73. The van der Waals surface area contributed by atoms with Gasteiger partial charge in [-0.15, -0.1) is 0 Å². The van der Waals surface area contributed by atoms with Crippen LogP contribution in [-0.2, 0) is 71.6 Å². The van der Waals surface area contributed by atoms with Gasteiger partial charge in [0.2, 0.25) is 6.10 Å². The molecule has 1 saturated heterocycles. The largest absolute Gasteiger partial charge is 0.481 e. The van der Waals surface area contributed by atoms with Crippen molar-refractivity contribution in [1.82, 2.24) is 0 Å². The van der Waals surface area contributed by atoms with Gasteiger partial charge >= 0.3 is 47.9 Å². The summed E-state index contributed by atoms with van der Waals surface area (Å²) in [7, 11) is 0. The van der Waals surface area contributed by atoms with E-state index in [1.165, 1.54) is 6.92 Å². The summed E-state index contributed by atoms with van der Waals surface area (Å²) in [5.74, 6) is -2.96. The van der Waals surface area contributed by atoms with E-state index in [9.17, 15) is 43.8 Å². The second-order valence-electron chi connectivity index (χ2n) is 28.7. The summed E-state index contributed by atoms with van der Waals surface area (Å²) < 4.78 is 34.2. The third-order valence-corrected chi connectivity index (χ3v) is 20.3. The molecule has 0 amide bonds. The van der Waals surface area contributed by atoms with Crippen molar-refractivity contribution in [2.24, 2.45) is 49.7 Å². The average Bonchev–Trinajstić information content (AvgIpc) is 3.67. The Morgan fingerprint density at radius 3 is 1.24 bits per heavy atom. The average molecular weight is 1110 g/mol. The van der Waals surface area contributed by atoms with Crippen LogP contribution in [0.15, 0.2) is 0 Å². The monoisotopic (exact) mass is 1100 g/mol. The number of carbonyl (C=O) groups is 7. The number of ether oxygens (including phenoxy) is 6. The maximum absolute atomic E-state index is 13.3. The molecule has 7 atom stereocenters. The highest BCUT2D eigenvalue weighted by Gasteiger charge is 2.74. The van der Waals surface area contributed by atoms with Crippen molar-refractivity contribution < 1.29 is 86.9 Å². The topological polar surface area (TPSA) is 270 Å². The van der Waals surface area contributed by atoms with Crippen molar-refractivity contribution in [2.75, 3.05) is 6.61 Å². The summed E-state index contributed by atoms with van der Waals surface area (Å²) in [6.45, 7) is 33.9. The summed E-state index contributed by atoms with van der Waals surface area (Å²) in [6, 6.07) is 0. The van der Waals surface area contributed by atoms with E-state index in [0.29, 0.717) is 63.9 Å². The molecule has 444 valence electrons. The highest BCUT2D eigenvalue weighted by Crippen LogP contribution is 2.75. The quantitative estimate of drug-likeness (QED) is 0.0694. The molecule has 1 heterocycles. The van der Waals surface area contributed by atoms with E-state index in [1.807, 2.05) is 104 Å². The van der Waals surface area contributed by atoms with Crippen molar-refractivity contribution in [3.05, 3.63) is 0 Å². The molecule has 18 heteroatoms. The minimum absolute atomic E-state index is 0.140. The minimum Gasteiger partial charge on any atom is -0.481 e. The predicted molar refractivity (Wildman–Crippen MR) is 283 cm³/mol. The Hall–Kier alpha value is -4.41. The first-order valence-electron chi connectivity index (χ1n) is 28.2. The molecule has 9 fully saturated rings. The highest BCUT2D eigenvalue weighted by molar-refractivity contribution is 5.90. The van der Waals surface area contributed by atoms with Crippen molar-refractivity contribution in [2.45, 2.75) is 273 Å². The number of carboxylic acids is 1. The van der Waals surface area contributed by atoms with E-state index in [-0.39, 0.29) is 46.8 Å². The number of hydrogen-bond acceptors (Lipinski definition) is 17. The Morgan fingerprint density at radius 2 is 0.910 bits per heavy atom. The van der Waals surface area contributed by atoms with Crippen LogP contribution in [0, 0.1) is 49.7 Å². The number of esters is 6. The standard InChI is InChI=1S/C27H42O8.C22H38O4.C10H16O4.CO2/c1-9-22(3,4)21(32)35-27-13-18-11-25(15-27,23(5,6)33-17(2)28)14-26(12-18,16-27)24(7,8)34-20(31)10-19(29)30;1-8-17(2,3)16(23)26-22-11-15-9-20(13-22,18(4,5)24)12-21(10-15,14-22)19(6,7)25;1-4-10(2,3)9(12)14-7-5-6-13-8(7)11;2-1-3/h18H,9-16H2,1-8H3,(H,29,30);15,24-25H,8-14H2,1-7H3;7H,4-6H2,1-3H3;. The zero-order valence-corrected chi connectivity index (χ0v) is 50.4. The number of aliphatic carboxylic acids is 1. The SMILES string of the molecule is CCC(C)(C)C(=O)OC12CC3CC(C(C)(C)O)(C1)CC(C(C)(C)O)(C3)C2.CCC(C)(C)C(=O)OC12CC3CC(C(C)(C)OC(C)=O)(C1)CC(C(C)(C)OC(=O)CC(=O)O)(C3)C2.CCC(C)(C)C(=O)OC1CCOC1=O.O=C=O. The van der Waals surface area contributed by atoms with Gasteiger partial charge in [0.05, 0.1) is 34.1 Å². The molecule has 8 bridgehead atoms. The number of carbonyl (C=O) groups excluding carboxylic acids is 8. The van der Waals surface area contributed by atoms with Crippen molar-refractivity contribution in [3.63, 3.8) is 0 Å². The first-order valence-corrected chi connectivity index (χ1v) is 28.2. The molecule has 78 heavy (non-hydrogen) atoms. The molecule has 0 aromatic heterocycles. The van der Waals surface area contributed by atoms with Gasteiger partial charge < -0.3 is 43.7 Å². The van der Waals surface area contributed by atoms with Gasteiger partial charge in [0.25, 0.3) is 0 Å². The molecular weight excluding hydrogens is 1010 g/mol. The summed E-state index contributed by atoms with van der Waals surface area (Å²) in [6.07, 6.45) is 10.4. The lowest BCUT2D eigenvalue weighted by atomic mass is 9.37. The van der Waals surface area contributed by atoms with E-state index in [4.69, 9.17) is 43.1 Å². The van der Waals surface area contributed by atoms with Gasteiger partial charge in [-0.25, -0.2) is 4.79 Å². The van der Waals surface area contributed by atoms with Crippen molar-refractivity contribution in [1.29, 1.82) is 0 Å². The van der Waals surface area contributed by atoms with Crippen LogP contribution >= 0.6 is 0 Å². The maximum Gasteiger partial charge on any atom is 0.373 e. The lowest BCUT2D eigenvalue weighted by Gasteiger charge is -2.71. The fourth-order valence-electron chi connectivity index (χ4n) is 14.6. The molecule has 18 nitrogen and oxygen atoms in total. The van der Waals surface area contributed by atoms with Crippen LogP contribution in [-0.4, -0.2) is 110 Å². The van der Waals surface area contributed by atoms with E-state index in [0.717, 1.165) is 51.4 Å². The van der Waals surface area contributed by atoms with E-state index < -0.39 is 91.1 Å². The number of cyclic esters (lactones) is 1. The Bertz CT molecular complexity index is 2280. The van der Waals surface area contributed by atoms with Crippen LogP contribution in [0.25, 0.3) is 0 Å². The van der Waals surface area contributed by atoms with Crippen LogP contribution in [0.3, 0.4) is 0 Å². The smallest absolute Gasteiger partial charge is 0.373 e. The summed E-state index contributed by atoms with van der Waals surface area (Å²) >= 11 is 0. The fraction of sp³-hybridized carbons (Fsp3) is 0.867. The van der Waals surface area contributed by atoms with Crippen molar-refractivity contribution in [3.8, 4) is 0 Å². The second kappa shape index (κ2) is 22.5. The van der Waals surface area contributed by atoms with Crippen molar-refractivity contribution >= 4 is 47.9 Å². The molecule has 0 aromatic rings. The number of rotatable bonds is 17. The van der Waals surface area contributed by atoms with Crippen LogP contribution < -0.4 is 0 Å². The van der Waals surface area contributed by atoms with E-state index >= 15 is 0 Å². The lowest BCUT2D eigenvalue weighted by Crippen LogP contribution is -2.71. The van der Waals surface area contributed by atoms with Gasteiger partial charge in [-0.1, -0.05) is 20.8 Å². The van der Waals surface area contributed by atoms with Gasteiger partial charge in [0.15, 0.2) is 0 Å². The summed E-state index contributed by atoms with van der Waals surface area (Å²) in [5, 5.41) is 31.3. The number of carboxylic acid groups (broad SMARTS) is 1. The van der Waals surface area contributed by atoms with Gasteiger partial charge in [-0.3, -0.25) is 28.8 Å². The third kappa shape index (κ3) is 13.5. The van der Waals surface area contributed by atoms with Gasteiger partial charge in [0, 0.05) is 35.0 Å². The normalized spacial score (nSPS) is 31.8. The highest BCUT2D eigenvalue weighted by atomic mass is 16.6. The third-order valence-electron chi connectivity index (χ3n) is 20.3. The lowest BCUT2D eigenvalue weighted by molar-refractivity contribution is -0.292. The molecule has 0 radical (unpaired) electrons. The molecule has 0 spiro atoms. The van der Waals surface area contributed by atoms with Crippen LogP contribution in [0.5, 0.6) is 0 Å². The Kier molecular flexibility index (Phi) is 19.1. The Balaban J connectivity index is 0.000000266. The zero-order valence-electron chi connectivity index (χ0n) is 50.4. The Morgan fingerprint density at radius 1 is 0.564 bits per heavy atom. The molecule has 1 aliphatic heterocycles.